The van der Waals surface area contributed by atoms with Gasteiger partial charge >= 0.3 is 0 Å². The van der Waals surface area contributed by atoms with E-state index in [2.05, 4.69) is 20.1 Å². The van der Waals surface area contributed by atoms with Crippen LogP contribution in [0.1, 0.15) is 11.4 Å². The predicted molar refractivity (Wildman–Crippen MR) is 90.6 cm³/mol. The average Bonchev–Trinajstić information content (AvgIpc) is 3.11. The van der Waals surface area contributed by atoms with Gasteiger partial charge in [0.05, 0.1) is 21.7 Å². The molecule has 0 amide bonds. The van der Waals surface area contributed by atoms with Crippen molar-refractivity contribution in [2.45, 2.75) is 13.8 Å². The van der Waals surface area contributed by atoms with Crippen molar-refractivity contribution in [3.8, 4) is 21.0 Å². The molecule has 0 saturated heterocycles. The molecule has 0 aliphatic carbocycles. The number of aromatic nitrogens is 4. The summed E-state index contributed by atoms with van der Waals surface area (Å²) in [7, 11) is 0. The van der Waals surface area contributed by atoms with E-state index in [1.54, 1.807) is 17.5 Å². The molecule has 4 rings (SSSR count). The maximum Gasteiger partial charge on any atom is 0.260 e. The number of hydrogen-bond donors (Lipinski definition) is 0. The van der Waals surface area contributed by atoms with Crippen LogP contribution in [0.5, 0.6) is 0 Å². The molecule has 0 radical (unpaired) electrons. The van der Waals surface area contributed by atoms with Gasteiger partial charge in [0.25, 0.3) is 5.71 Å². The Morgan fingerprint density at radius 1 is 1.17 bits per heavy atom. The molecule has 0 atom stereocenters. The van der Waals surface area contributed by atoms with Crippen molar-refractivity contribution in [3.05, 3.63) is 47.1 Å². The molecule has 0 bridgehead atoms. The topological polar surface area (TPSA) is 64.7 Å². The Hall–Kier alpha value is -2.31. The van der Waals surface area contributed by atoms with Gasteiger partial charge in [-0.15, -0.1) is 11.3 Å². The number of nitrogens with zero attached hydrogens (tertiary/aromatic N) is 4. The first-order valence-corrected chi connectivity index (χ1v) is 8.13. The Balaban J connectivity index is 1.95. The highest BCUT2D eigenvalue weighted by Gasteiger charge is 2.19. The minimum Gasteiger partial charge on any atom is -0.335 e. The van der Waals surface area contributed by atoms with E-state index in [9.17, 15) is 0 Å². The quantitative estimate of drug-likeness (QED) is 0.495. The third-order valence-corrected chi connectivity index (χ3v) is 4.97. The summed E-state index contributed by atoms with van der Waals surface area (Å²) >= 11 is 7.73. The lowest BCUT2D eigenvalue weighted by atomic mass is 10.1. The third kappa shape index (κ3) is 2.40. The highest BCUT2D eigenvalue weighted by Crippen LogP contribution is 2.39. The van der Waals surface area contributed by atoms with Crippen LogP contribution in [0.4, 0.5) is 0 Å². The molecule has 4 aromatic heterocycles. The van der Waals surface area contributed by atoms with Crippen molar-refractivity contribution in [1.82, 2.24) is 20.1 Å². The number of aryl methyl sites for hydroxylation is 2. The van der Waals surface area contributed by atoms with E-state index >= 15 is 0 Å². The smallest absolute Gasteiger partial charge is 0.260 e. The molecule has 0 unspecified atom stereocenters. The van der Waals surface area contributed by atoms with Gasteiger partial charge in [-0.2, -0.15) is 4.98 Å². The van der Waals surface area contributed by atoms with Gasteiger partial charge in [0, 0.05) is 23.5 Å². The zero-order valence-corrected chi connectivity index (χ0v) is 13.9. The molecule has 0 fully saturated rings. The minimum atomic E-state index is 0.374. The molecular formula is C16H11ClN4OS. The third-order valence-electron chi connectivity index (χ3n) is 3.54. The summed E-state index contributed by atoms with van der Waals surface area (Å²) in [5.74, 6) is 0. The van der Waals surface area contributed by atoms with E-state index in [1.165, 1.54) is 0 Å². The predicted octanol–water partition coefficient (Wildman–Crippen LogP) is 4.68. The lowest BCUT2D eigenvalue weighted by Crippen LogP contribution is -1.85. The summed E-state index contributed by atoms with van der Waals surface area (Å²) in [5, 5.41) is 6.16. The Bertz CT molecular complexity index is 1010. The summed E-state index contributed by atoms with van der Waals surface area (Å²) in [5.41, 5.74) is 4.10. The maximum absolute atomic E-state index is 6.13. The fourth-order valence-corrected chi connectivity index (χ4v) is 3.77. The van der Waals surface area contributed by atoms with Gasteiger partial charge in [0.1, 0.15) is 10.2 Å². The first-order valence-electron chi connectivity index (χ1n) is 6.94. The fraction of sp³-hybridized carbons (Fsp3) is 0.125. The largest absolute Gasteiger partial charge is 0.335 e. The molecule has 114 valence electrons. The molecular weight excluding hydrogens is 332 g/mol. The Labute approximate surface area is 141 Å². The van der Waals surface area contributed by atoms with Crippen LogP contribution in [0, 0.1) is 13.8 Å². The SMILES string of the molecule is Cc1nc(-c2cccnc2)sc1-c1cc(Cl)nc2onc(C)c12. The normalized spacial score (nSPS) is 11.3. The standard InChI is InChI=1S/C16H11ClN4OS/c1-8-13-11(6-12(17)20-15(13)22-21-8)14-9(2)19-16(23-14)10-4-3-5-18-7-10/h3-7H,1-2H3. The van der Waals surface area contributed by atoms with Gasteiger partial charge in [-0.05, 0) is 32.0 Å². The Kier molecular flexibility index (Phi) is 3.36. The zero-order chi connectivity index (χ0) is 16.0. The molecule has 0 aliphatic heterocycles. The van der Waals surface area contributed by atoms with Crippen LogP contribution in [0.25, 0.3) is 32.1 Å². The number of hydrogen-bond acceptors (Lipinski definition) is 6. The van der Waals surface area contributed by atoms with E-state index in [4.69, 9.17) is 16.1 Å². The molecule has 7 heteroatoms. The van der Waals surface area contributed by atoms with Crippen molar-refractivity contribution in [2.75, 3.05) is 0 Å². The summed E-state index contributed by atoms with van der Waals surface area (Å²) in [4.78, 5) is 14.0. The van der Waals surface area contributed by atoms with Crippen LogP contribution in [0.15, 0.2) is 35.1 Å². The maximum atomic E-state index is 6.13. The molecule has 5 nitrogen and oxygen atoms in total. The van der Waals surface area contributed by atoms with Gasteiger partial charge < -0.3 is 4.52 Å². The number of fused-ring (bicyclic) bond motifs is 1. The Morgan fingerprint density at radius 2 is 2.04 bits per heavy atom. The van der Waals surface area contributed by atoms with Gasteiger partial charge in [0.2, 0.25) is 0 Å². The van der Waals surface area contributed by atoms with Gasteiger partial charge in [-0.1, -0.05) is 16.8 Å². The van der Waals surface area contributed by atoms with Crippen LogP contribution in [-0.4, -0.2) is 20.1 Å². The van der Waals surface area contributed by atoms with Crippen molar-refractivity contribution in [2.24, 2.45) is 0 Å². The van der Waals surface area contributed by atoms with E-state index < -0.39 is 0 Å². The second kappa shape index (κ2) is 5.40. The fourth-order valence-electron chi connectivity index (χ4n) is 2.50. The molecule has 4 aromatic rings. The minimum absolute atomic E-state index is 0.374. The lowest BCUT2D eigenvalue weighted by molar-refractivity contribution is 0.443. The van der Waals surface area contributed by atoms with Crippen LogP contribution < -0.4 is 0 Å². The zero-order valence-electron chi connectivity index (χ0n) is 12.4. The molecule has 0 aliphatic rings. The van der Waals surface area contributed by atoms with Crippen molar-refractivity contribution in [3.63, 3.8) is 0 Å². The summed E-state index contributed by atoms with van der Waals surface area (Å²) < 4.78 is 5.25. The van der Waals surface area contributed by atoms with Crippen LogP contribution in [-0.2, 0) is 0 Å². The van der Waals surface area contributed by atoms with Gasteiger partial charge in [-0.25, -0.2) is 4.98 Å². The number of rotatable bonds is 2. The second-order valence-electron chi connectivity index (χ2n) is 5.12. The first-order chi connectivity index (χ1) is 11.1. The molecule has 23 heavy (non-hydrogen) atoms. The molecule has 0 spiro atoms. The van der Waals surface area contributed by atoms with Crippen LogP contribution >= 0.6 is 22.9 Å². The van der Waals surface area contributed by atoms with Crippen molar-refractivity contribution < 1.29 is 4.52 Å². The van der Waals surface area contributed by atoms with E-state index in [0.29, 0.717) is 10.9 Å². The molecule has 4 heterocycles. The average molecular weight is 343 g/mol. The second-order valence-corrected chi connectivity index (χ2v) is 6.50. The van der Waals surface area contributed by atoms with Crippen LogP contribution in [0.2, 0.25) is 5.15 Å². The molecule has 0 aromatic carbocycles. The number of halogens is 1. The number of pyridine rings is 2. The van der Waals surface area contributed by atoms with Crippen molar-refractivity contribution in [1.29, 1.82) is 0 Å². The summed E-state index contributed by atoms with van der Waals surface area (Å²) in [6.07, 6.45) is 3.55. The van der Waals surface area contributed by atoms with Gasteiger partial charge in [-0.3, -0.25) is 4.98 Å². The van der Waals surface area contributed by atoms with Gasteiger partial charge in [0.15, 0.2) is 0 Å². The molecule has 0 saturated carbocycles. The lowest BCUT2D eigenvalue weighted by Gasteiger charge is -2.01. The van der Waals surface area contributed by atoms with E-state index in [-0.39, 0.29) is 0 Å². The Morgan fingerprint density at radius 3 is 2.83 bits per heavy atom. The first kappa shape index (κ1) is 14.3. The highest BCUT2D eigenvalue weighted by molar-refractivity contribution is 7.18. The number of thiazole rings is 1. The molecule has 0 N–H and O–H groups in total. The monoisotopic (exact) mass is 342 g/mol. The highest BCUT2D eigenvalue weighted by atomic mass is 35.5. The van der Waals surface area contributed by atoms with E-state index in [1.807, 2.05) is 38.2 Å². The van der Waals surface area contributed by atoms with Crippen molar-refractivity contribution >= 4 is 34.0 Å². The summed E-state index contributed by atoms with van der Waals surface area (Å²) in [6.45, 7) is 3.87. The summed E-state index contributed by atoms with van der Waals surface area (Å²) in [6, 6.07) is 5.73. The van der Waals surface area contributed by atoms with Crippen LogP contribution in [0.3, 0.4) is 0 Å². The van der Waals surface area contributed by atoms with E-state index in [0.717, 1.165) is 37.8 Å².